The molecule has 0 bridgehead atoms. The SMILES string of the molecule is O=C(c1ccoc1Br)N1CCC(Cc2ccccc2)CC1. The summed E-state index contributed by atoms with van der Waals surface area (Å²) in [7, 11) is 0. The van der Waals surface area contributed by atoms with Crippen molar-refractivity contribution in [2.24, 2.45) is 5.92 Å². The Morgan fingerprint density at radius 3 is 2.52 bits per heavy atom. The molecule has 0 spiro atoms. The first-order chi connectivity index (χ1) is 10.2. The molecule has 0 unspecified atom stereocenters. The molecular weight excluding hydrogens is 330 g/mol. The first-order valence-corrected chi connectivity index (χ1v) is 8.09. The third-order valence-electron chi connectivity index (χ3n) is 4.12. The Hall–Kier alpha value is -1.55. The molecule has 1 aliphatic rings. The lowest BCUT2D eigenvalue weighted by Gasteiger charge is -2.32. The summed E-state index contributed by atoms with van der Waals surface area (Å²) in [6, 6.07) is 12.3. The Bertz CT molecular complexity index is 600. The summed E-state index contributed by atoms with van der Waals surface area (Å²) in [6.07, 6.45) is 4.78. The lowest BCUT2D eigenvalue weighted by molar-refractivity contribution is 0.0688. The minimum Gasteiger partial charge on any atom is -0.457 e. The number of nitrogens with zero attached hydrogens (tertiary/aromatic N) is 1. The van der Waals surface area contributed by atoms with E-state index in [1.807, 2.05) is 11.0 Å². The maximum absolute atomic E-state index is 12.4. The topological polar surface area (TPSA) is 33.5 Å². The van der Waals surface area contributed by atoms with Crippen molar-refractivity contribution in [1.29, 1.82) is 0 Å². The van der Waals surface area contributed by atoms with Crippen molar-refractivity contribution in [3.63, 3.8) is 0 Å². The highest BCUT2D eigenvalue weighted by atomic mass is 79.9. The first-order valence-electron chi connectivity index (χ1n) is 7.30. The zero-order valence-electron chi connectivity index (χ0n) is 11.8. The fourth-order valence-electron chi connectivity index (χ4n) is 2.90. The number of carbonyl (C=O) groups is 1. The summed E-state index contributed by atoms with van der Waals surface area (Å²) in [6.45, 7) is 1.65. The number of benzene rings is 1. The lowest BCUT2D eigenvalue weighted by Crippen LogP contribution is -2.38. The summed E-state index contributed by atoms with van der Waals surface area (Å²) in [5, 5.41) is 0. The Morgan fingerprint density at radius 2 is 1.90 bits per heavy atom. The molecule has 0 atom stereocenters. The smallest absolute Gasteiger partial charge is 0.258 e. The van der Waals surface area contributed by atoms with Gasteiger partial charge in [0.2, 0.25) is 0 Å². The van der Waals surface area contributed by atoms with Crippen LogP contribution in [0, 0.1) is 5.92 Å². The van der Waals surface area contributed by atoms with Crippen molar-refractivity contribution >= 4 is 21.8 Å². The van der Waals surface area contributed by atoms with Gasteiger partial charge in [-0.1, -0.05) is 30.3 Å². The number of hydrogen-bond donors (Lipinski definition) is 0. The minimum absolute atomic E-state index is 0.0637. The normalized spacial score (nSPS) is 16.1. The van der Waals surface area contributed by atoms with E-state index in [0.717, 1.165) is 32.4 Å². The molecule has 1 saturated heterocycles. The highest BCUT2D eigenvalue weighted by Gasteiger charge is 2.25. The van der Waals surface area contributed by atoms with E-state index < -0.39 is 0 Å². The van der Waals surface area contributed by atoms with Crippen molar-refractivity contribution in [2.45, 2.75) is 19.3 Å². The average molecular weight is 348 g/mol. The van der Waals surface area contributed by atoms with E-state index in [0.29, 0.717) is 16.2 Å². The maximum Gasteiger partial charge on any atom is 0.258 e. The van der Waals surface area contributed by atoms with Gasteiger partial charge in [-0.05, 0) is 52.7 Å². The number of furan rings is 1. The summed E-state index contributed by atoms with van der Waals surface area (Å²) < 4.78 is 5.67. The fourth-order valence-corrected chi connectivity index (χ4v) is 3.31. The van der Waals surface area contributed by atoms with Crippen LogP contribution in [0.2, 0.25) is 0 Å². The largest absolute Gasteiger partial charge is 0.457 e. The molecule has 1 fully saturated rings. The second kappa shape index (κ2) is 6.48. The van der Waals surface area contributed by atoms with Crippen LogP contribution in [-0.4, -0.2) is 23.9 Å². The Balaban J connectivity index is 1.56. The number of hydrogen-bond acceptors (Lipinski definition) is 2. The molecule has 0 saturated carbocycles. The Morgan fingerprint density at radius 1 is 1.19 bits per heavy atom. The van der Waals surface area contributed by atoms with Gasteiger partial charge in [0, 0.05) is 13.1 Å². The van der Waals surface area contributed by atoms with Gasteiger partial charge in [-0.2, -0.15) is 0 Å². The molecule has 1 aromatic heterocycles. The predicted molar refractivity (Wildman–Crippen MR) is 85.2 cm³/mol. The van der Waals surface area contributed by atoms with Crippen LogP contribution in [0.5, 0.6) is 0 Å². The number of likely N-dealkylation sites (tertiary alicyclic amines) is 1. The molecule has 0 N–H and O–H groups in total. The second-order valence-electron chi connectivity index (χ2n) is 5.53. The molecule has 2 aromatic rings. The summed E-state index contributed by atoms with van der Waals surface area (Å²) in [4.78, 5) is 14.3. The monoisotopic (exact) mass is 347 g/mol. The number of halogens is 1. The zero-order chi connectivity index (χ0) is 14.7. The third-order valence-corrected chi connectivity index (χ3v) is 4.73. The summed E-state index contributed by atoms with van der Waals surface area (Å²) in [5.74, 6) is 0.734. The van der Waals surface area contributed by atoms with E-state index in [1.165, 1.54) is 5.56 Å². The van der Waals surface area contributed by atoms with Crippen molar-refractivity contribution in [3.05, 3.63) is 58.5 Å². The van der Waals surface area contributed by atoms with Gasteiger partial charge in [0.15, 0.2) is 4.67 Å². The van der Waals surface area contributed by atoms with E-state index >= 15 is 0 Å². The van der Waals surface area contributed by atoms with E-state index in [9.17, 15) is 4.79 Å². The van der Waals surface area contributed by atoms with E-state index in [-0.39, 0.29) is 5.91 Å². The van der Waals surface area contributed by atoms with Gasteiger partial charge in [-0.25, -0.2) is 0 Å². The Kier molecular flexibility index (Phi) is 4.44. The van der Waals surface area contributed by atoms with Crippen LogP contribution in [0.3, 0.4) is 0 Å². The molecule has 21 heavy (non-hydrogen) atoms. The molecule has 3 nitrogen and oxygen atoms in total. The standard InChI is InChI=1S/C17H18BrNO2/c18-16-15(8-11-21-16)17(20)19-9-6-14(7-10-19)12-13-4-2-1-3-5-13/h1-5,8,11,14H,6-7,9-10,12H2. The molecule has 0 aliphatic carbocycles. The van der Waals surface area contributed by atoms with Gasteiger partial charge in [-0.3, -0.25) is 4.79 Å². The van der Waals surface area contributed by atoms with E-state index in [2.05, 4.69) is 40.2 Å². The van der Waals surface area contributed by atoms with Crippen LogP contribution in [-0.2, 0) is 6.42 Å². The van der Waals surface area contributed by atoms with Crippen LogP contribution in [0.1, 0.15) is 28.8 Å². The van der Waals surface area contributed by atoms with Crippen molar-refractivity contribution in [3.8, 4) is 0 Å². The van der Waals surface area contributed by atoms with E-state index in [4.69, 9.17) is 4.42 Å². The van der Waals surface area contributed by atoms with E-state index in [1.54, 1.807) is 12.3 Å². The highest BCUT2D eigenvalue weighted by Crippen LogP contribution is 2.25. The average Bonchev–Trinajstić information content (AvgIpc) is 2.94. The number of carbonyl (C=O) groups excluding carboxylic acids is 1. The van der Waals surface area contributed by atoms with Crippen molar-refractivity contribution in [2.75, 3.05) is 13.1 Å². The lowest BCUT2D eigenvalue weighted by atomic mass is 9.90. The molecule has 1 amide bonds. The third kappa shape index (κ3) is 3.38. The molecule has 1 aromatic carbocycles. The van der Waals surface area contributed by atoms with Crippen LogP contribution in [0.15, 0.2) is 51.7 Å². The van der Waals surface area contributed by atoms with Gasteiger partial charge in [-0.15, -0.1) is 0 Å². The fraction of sp³-hybridized carbons (Fsp3) is 0.353. The summed E-state index contributed by atoms with van der Waals surface area (Å²) in [5.41, 5.74) is 2.01. The van der Waals surface area contributed by atoms with Crippen LogP contribution < -0.4 is 0 Å². The number of rotatable bonds is 3. The number of amides is 1. The van der Waals surface area contributed by atoms with Gasteiger partial charge in [0.25, 0.3) is 5.91 Å². The van der Waals surface area contributed by atoms with Crippen LogP contribution >= 0.6 is 15.9 Å². The molecule has 2 heterocycles. The molecule has 4 heteroatoms. The molecule has 1 aliphatic heterocycles. The van der Waals surface area contributed by atoms with Crippen LogP contribution in [0.4, 0.5) is 0 Å². The zero-order valence-corrected chi connectivity index (χ0v) is 13.4. The molecular formula is C17H18BrNO2. The predicted octanol–water partition coefficient (Wildman–Crippen LogP) is 4.14. The minimum atomic E-state index is 0.0637. The van der Waals surface area contributed by atoms with Gasteiger partial charge < -0.3 is 9.32 Å². The molecule has 0 radical (unpaired) electrons. The van der Waals surface area contributed by atoms with Crippen molar-refractivity contribution < 1.29 is 9.21 Å². The van der Waals surface area contributed by atoms with Gasteiger partial charge >= 0.3 is 0 Å². The van der Waals surface area contributed by atoms with Crippen LogP contribution in [0.25, 0.3) is 0 Å². The van der Waals surface area contributed by atoms with Crippen molar-refractivity contribution in [1.82, 2.24) is 4.90 Å². The number of piperidine rings is 1. The first kappa shape index (κ1) is 14.4. The molecule has 110 valence electrons. The highest BCUT2D eigenvalue weighted by molar-refractivity contribution is 9.10. The second-order valence-corrected chi connectivity index (χ2v) is 6.25. The summed E-state index contributed by atoms with van der Waals surface area (Å²) >= 11 is 3.28. The maximum atomic E-state index is 12.4. The van der Waals surface area contributed by atoms with Gasteiger partial charge in [0.1, 0.15) is 0 Å². The Labute approximate surface area is 133 Å². The molecule has 3 rings (SSSR count). The quantitative estimate of drug-likeness (QED) is 0.835. The van der Waals surface area contributed by atoms with Gasteiger partial charge in [0.05, 0.1) is 11.8 Å².